The molecular weight excluding hydrogens is 256 g/mol. The van der Waals surface area contributed by atoms with Crippen molar-refractivity contribution in [1.82, 2.24) is 5.32 Å². The molecule has 6 heteroatoms. The maximum absolute atomic E-state index is 11.7. The Morgan fingerprint density at radius 3 is 2.61 bits per heavy atom. The van der Waals surface area contributed by atoms with Gasteiger partial charge in [-0.25, -0.2) is 9.59 Å². The highest BCUT2D eigenvalue weighted by Crippen LogP contribution is 2.34. The maximum Gasteiger partial charge on any atom is 0.337 e. The number of urea groups is 1. The molecule has 0 radical (unpaired) electrons. The molecule has 1 aliphatic rings. The third kappa shape index (κ3) is 2.92. The van der Waals surface area contributed by atoms with Gasteiger partial charge in [-0.15, -0.1) is 0 Å². The van der Waals surface area contributed by atoms with E-state index in [0.29, 0.717) is 5.02 Å². The van der Waals surface area contributed by atoms with Crippen LogP contribution in [-0.2, 0) is 0 Å². The Bertz CT molecular complexity index is 512. The number of nitrogens with one attached hydrogen (secondary N) is 2. The molecule has 0 spiro atoms. The van der Waals surface area contributed by atoms with Crippen LogP contribution in [0.1, 0.15) is 30.1 Å². The summed E-state index contributed by atoms with van der Waals surface area (Å²) in [5.74, 6) is -1.11. The molecule has 0 aliphatic heterocycles. The molecule has 0 bridgehead atoms. The van der Waals surface area contributed by atoms with Gasteiger partial charge in [0.25, 0.3) is 0 Å². The van der Waals surface area contributed by atoms with Crippen LogP contribution < -0.4 is 10.6 Å². The first-order valence-electron chi connectivity index (χ1n) is 5.52. The van der Waals surface area contributed by atoms with Crippen molar-refractivity contribution in [2.24, 2.45) is 0 Å². The number of hydrogen-bond donors (Lipinski definition) is 3. The first kappa shape index (κ1) is 12.7. The number of carbonyl (C=O) groups is 2. The fraction of sp³-hybridized carbons (Fsp3) is 0.333. The molecule has 1 aliphatic carbocycles. The molecule has 0 unspecified atom stereocenters. The summed E-state index contributed by atoms with van der Waals surface area (Å²) < 4.78 is 0. The standard InChI is InChI=1S/C12H13ClN2O3/c1-12(4-5-12)15-11(18)14-9-6-7(13)2-3-8(9)10(16)17/h2-3,6H,4-5H2,1H3,(H,16,17)(H2,14,15,18). The zero-order chi connectivity index (χ0) is 13.3. The van der Waals surface area contributed by atoms with Crippen molar-refractivity contribution in [3.63, 3.8) is 0 Å². The van der Waals surface area contributed by atoms with E-state index in [0.717, 1.165) is 12.8 Å². The zero-order valence-corrected chi connectivity index (χ0v) is 10.5. The second-order valence-corrected chi connectivity index (χ2v) is 5.07. The topological polar surface area (TPSA) is 78.4 Å². The average molecular weight is 269 g/mol. The van der Waals surface area contributed by atoms with Crippen LogP contribution in [0.3, 0.4) is 0 Å². The van der Waals surface area contributed by atoms with Crippen molar-refractivity contribution < 1.29 is 14.7 Å². The van der Waals surface area contributed by atoms with Crippen LogP contribution in [0.2, 0.25) is 5.02 Å². The summed E-state index contributed by atoms with van der Waals surface area (Å²) in [7, 11) is 0. The maximum atomic E-state index is 11.7. The SMILES string of the molecule is CC1(NC(=O)Nc2cc(Cl)ccc2C(=O)O)CC1. The summed E-state index contributed by atoms with van der Waals surface area (Å²) in [6, 6.07) is 3.83. The van der Waals surface area contributed by atoms with E-state index in [1.807, 2.05) is 6.92 Å². The largest absolute Gasteiger partial charge is 0.478 e. The highest BCUT2D eigenvalue weighted by molar-refractivity contribution is 6.31. The molecule has 2 amide bonds. The Kier molecular flexibility index (Phi) is 3.17. The number of carboxylic acid groups (broad SMARTS) is 1. The van der Waals surface area contributed by atoms with Crippen LogP contribution in [0, 0.1) is 0 Å². The van der Waals surface area contributed by atoms with E-state index in [2.05, 4.69) is 10.6 Å². The Balaban J connectivity index is 2.14. The quantitative estimate of drug-likeness (QED) is 0.789. The van der Waals surface area contributed by atoms with Crippen LogP contribution in [0.5, 0.6) is 0 Å². The van der Waals surface area contributed by atoms with Crippen molar-refractivity contribution in [2.75, 3.05) is 5.32 Å². The minimum absolute atomic E-state index is 0.00972. The molecule has 1 fully saturated rings. The first-order valence-corrected chi connectivity index (χ1v) is 5.89. The summed E-state index contributed by atoms with van der Waals surface area (Å²) in [4.78, 5) is 22.7. The fourth-order valence-electron chi connectivity index (χ4n) is 1.55. The molecule has 96 valence electrons. The van der Waals surface area contributed by atoms with Crippen LogP contribution in [0.15, 0.2) is 18.2 Å². The van der Waals surface area contributed by atoms with E-state index < -0.39 is 12.0 Å². The summed E-state index contributed by atoms with van der Waals surface area (Å²) in [6.07, 6.45) is 1.86. The third-order valence-corrected chi connectivity index (χ3v) is 3.11. The van der Waals surface area contributed by atoms with Gasteiger partial charge in [-0.1, -0.05) is 11.6 Å². The van der Waals surface area contributed by atoms with Crippen molar-refractivity contribution in [2.45, 2.75) is 25.3 Å². The van der Waals surface area contributed by atoms with Crippen molar-refractivity contribution >= 4 is 29.3 Å². The summed E-state index contributed by atoms with van der Waals surface area (Å²) in [5, 5.41) is 14.7. The number of halogens is 1. The summed E-state index contributed by atoms with van der Waals surface area (Å²) in [5.41, 5.74) is 0.0405. The van der Waals surface area contributed by atoms with Gasteiger partial charge in [0, 0.05) is 10.6 Å². The van der Waals surface area contributed by atoms with Gasteiger partial charge in [0.2, 0.25) is 0 Å². The lowest BCUT2D eigenvalue weighted by atomic mass is 10.2. The van der Waals surface area contributed by atoms with Crippen LogP contribution in [0.4, 0.5) is 10.5 Å². The monoisotopic (exact) mass is 268 g/mol. The van der Waals surface area contributed by atoms with Crippen LogP contribution in [0.25, 0.3) is 0 Å². The summed E-state index contributed by atoms with van der Waals surface area (Å²) >= 11 is 5.79. The van der Waals surface area contributed by atoms with Crippen molar-refractivity contribution in [3.8, 4) is 0 Å². The summed E-state index contributed by atoms with van der Waals surface area (Å²) in [6.45, 7) is 1.93. The van der Waals surface area contributed by atoms with Crippen LogP contribution >= 0.6 is 11.6 Å². The van der Waals surface area contributed by atoms with Gasteiger partial charge in [-0.05, 0) is 38.0 Å². The molecule has 18 heavy (non-hydrogen) atoms. The van der Waals surface area contributed by atoms with E-state index in [1.165, 1.54) is 18.2 Å². The third-order valence-electron chi connectivity index (χ3n) is 2.88. The second-order valence-electron chi connectivity index (χ2n) is 4.63. The Labute approximate surface area is 109 Å². The smallest absolute Gasteiger partial charge is 0.337 e. The van der Waals surface area contributed by atoms with Crippen molar-refractivity contribution in [1.29, 1.82) is 0 Å². The lowest BCUT2D eigenvalue weighted by Crippen LogP contribution is -2.37. The van der Waals surface area contributed by atoms with Gasteiger partial charge in [0.05, 0.1) is 11.3 Å². The van der Waals surface area contributed by atoms with Gasteiger partial charge >= 0.3 is 12.0 Å². The fourth-order valence-corrected chi connectivity index (χ4v) is 1.72. The molecule has 0 atom stereocenters. The lowest BCUT2D eigenvalue weighted by Gasteiger charge is -2.14. The number of amides is 2. The number of carboxylic acids is 1. The van der Waals surface area contributed by atoms with Gasteiger partial charge in [-0.3, -0.25) is 0 Å². The normalized spacial score (nSPS) is 15.9. The molecule has 3 N–H and O–H groups in total. The van der Waals surface area contributed by atoms with E-state index in [1.54, 1.807) is 0 Å². The first-order chi connectivity index (χ1) is 8.39. The Morgan fingerprint density at radius 1 is 1.39 bits per heavy atom. The van der Waals surface area contributed by atoms with E-state index >= 15 is 0 Å². The van der Waals surface area contributed by atoms with Crippen LogP contribution in [-0.4, -0.2) is 22.6 Å². The molecule has 5 nitrogen and oxygen atoms in total. The molecule has 2 rings (SSSR count). The second kappa shape index (κ2) is 4.49. The van der Waals surface area contributed by atoms with Gasteiger partial charge in [-0.2, -0.15) is 0 Å². The number of rotatable bonds is 3. The van der Waals surface area contributed by atoms with Gasteiger partial charge in [0.15, 0.2) is 0 Å². The average Bonchev–Trinajstić information content (AvgIpc) is 2.94. The highest BCUT2D eigenvalue weighted by atomic mass is 35.5. The Morgan fingerprint density at radius 2 is 2.06 bits per heavy atom. The number of anilines is 1. The Hall–Kier alpha value is -1.75. The predicted molar refractivity (Wildman–Crippen MR) is 68.2 cm³/mol. The number of aromatic carboxylic acids is 1. The number of carbonyl (C=O) groups excluding carboxylic acids is 1. The number of hydrogen-bond acceptors (Lipinski definition) is 2. The molecule has 1 saturated carbocycles. The van der Waals surface area contributed by atoms with Gasteiger partial charge in [0.1, 0.15) is 0 Å². The van der Waals surface area contributed by atoms with Gasteiger partial charge < -0.3 is 15.7 Å². The highest BCUT2D eigenvalue weighted by Gasteiger charge is 2.38. The molecule has 1 aromatic carbocycles. The molecular formula is C12H13ClN2O3. The molecule has 0 saturated heterocycles. The zero-order valence-electron chi connectivity index (χ0n) is 9.79. The molecule has 1 aromatic rings. The molecule has 0 heterocycles. The minimum Gasteiger partial charge on any atom is -0.478 e. The minimum atomic E-state index is -1.11. The molecule has 0 aromatic heterocycles. The lowest BCUT2D eigenvalue weighted by molar-refractivity contribution is 0.0698. The van der Waals surface area contributed by atoms with E-state index in [-0.39, 0.29) is 16.8 Å². The van der Waals surface area contributed by atoms with E-state index in [9.17, 15) is 9.59 Å². The predicted octanol–water partition coefficient (Wildman–Crippen LogP) is 2.71. The number of benzene rings is 1. The van der Waals surface area contributed by atoms with Crippen molar-refractivity contribution in [3.05, 3.63) is 28.8 Å². The van der Waals surface area contributed by atoms with E-state index in [4.69, 9.17) is 16.7 Å².